The van der Waals surface area contributed by atoms with Crippen LogP contribution < -0.4 is 10.6 Å². The van der Waals surface area contributed by atoms with Gasteiger partial charge in [0.1, 0.15) is 18.6 Å². The zero-order valence-corrected chi connectivity index (χ0v) is 14.4. The van der Waals surface area contributed by atoms with Crippen molar-refractivity contribution >= 4 is 17.8 Å². The van der Waals surface area contributed by atoms with E-state index >= 15 is 0 Å². The number of halogens is 3. The number of rotatable bonds is 6. The number of hydrogen-bond donors (Lipinski definition) is 2. The zero-order valence-electron chi connectivity index (χ0n) is 14.4. The van der Waals surface area contributed by atoms with Crippen molar-refractivity contribution in [2.45, 2.75) is 32.0 Å². The number of nitrogens with one attached hydrogen (secondary N) is 2. The molecule has 9 heteroatoms. The summed E-state index contributed by atoms with van der Waals surface area (Å²) in [5, 5.41) is 4.29. The molecule has 2 rings (SSSR count). The number of carbonyl (C=O) groups is 3. The Morgan fingerprint density at radius 3 is 2.38 bits per heavy atom. The van der Waals surface area contributed by atoms with Crippen LogP contribution >= 0.6 is 0 Å². The Morgan fingerprint density at radius 2 is 1.85 bits per heavy atom. The molecule has 1 saturated heterocycles. The summed E-state index contributed by atoms with van der Waals surface area (Å²) in [6.45, 7) is 1.46. The van der Waals surface area contributed by atoms with Gasteiger partial charge in [0.25, 0.3) is 5.91 Å². The number of alkyl halides is 3. The molecule has 1 fully saturated rings. The van der Waals surface area contributed by atoms with Gasteiger partial charge >= 0.3 is 12.2 Å². The molecule has 1 atom stereocenters. The monoisotopic (exact) mass is 371 g/mol. The fourth-order valence-electron chi connectivity index (χ4n) is 2.95. The molecule has 0 bridgehead atoms. The topological polar surface area (TPSA) is 78.5 Å². The summed E-state index contributed by atoms with van der Waals surface area (Å²) >= 11 is 0. The summed E-state index contributed by atoms with van der Waals surface area (Å²) in [5.74, 6) is -1.66. The molecule has 1 aliphatic rings. The van der Waals surface area contributed by atoms with Crippen molar-refractivity contribution in [1.82, 2.24) is 15.5 Å². The Bertz CT molecular complexity index is 691. The standard InChI is InChI=1S/C17H20F3N3O3/c1-11(2)8-16(12-6-4-3-5-7-12)14(25)23(15(26)22-16)9-13(24)21-10-17(18,19)20/h3-7,11H,8-10H2,1-2H3,(H,21,24)(H,22,26)/t16-/m1/s1. The molecule has 1 heterocycles. The predicted molar refractivity (Wildman–Crippen MR) is 86.9 cm³/mol. The summed E-state index contributed by atoms with van der Waals surface area (Å²) < 4.78 is 36.6. The summed E-state index contributed by atoms with van der Waals surface area (Å²) in [6.07, 6.45) is -4.28. The van der Waals surface area contributed by atoms with Crippen LogP contribution in [0.1, 0.15) is 25.8 Å². The average molecular weight is 371 g/mol. The second-order valence-corrected chi connectivity index (χ2v) is 6.58. The van der Waals surface area contributed by atoms with Gasteiger partial charge in [-0.25, -0.2) is 4.79 Å². The smallest absolute Gasteiger partial charge is 0.345 e. The molecule has 4 amide bonds. The van der Waals surface area contributed by atoms with Gasteiger partial charge in [-0.1, -0.05) is 44.2 Å². The van der Waals surface area contributed by atoms with Crippen LogP contribution in [0.2, 0.25) is 0 Å². The number of hydrogen-bond acceptors (Lipinski definition) is 3. The second-order valence-electron chi connectivity index (χ2n) is 6.58. The maximum Gasteiger partial charge on any atom is 0.405 e. The highest BCUT2D eigenvalue weighted by Crippen LogP contribution is 2.35. The molecule has 0 unspecified atom stereocenters. The second kappa shape index (κ2) is 7.35. The maximum atomic E-state index is 13.0. The van der Waals surface area contributed by atoms with Crippen LogP contribution in [0.15, 0.2) is 30.3 Å². The third-order valence-electron chi connectivity index (χ3n) is 3.94. The summed E-state index contributed by atoms with van der Waals surface area (Å²) in [7, 11) is 0. The molecule has 6 nitrogen and oxygen atoms in total. The Morgan fingerprint density at radius 1 is 1.23 bits per heavy atom. The molecule has 0 radical (unpaired) electrons. The van der Waals surface area contributed by atoms with Gasteiger partial charge < -0.3 is 10.6 Å². The van der Waals surface area contributed by atoms with Crippen LogP contribution in [0.5, 0.6) is 0 Å². The lowest BCUT2D eigenvalue weighted by molar-refractivity contribution is -0.141. The SMILES string of the molecule is CC(C)C[C@]1(c2ccccc2)NC(=O)N(CC(=O)NCC(F)(F)F)C1=O. The van der Waals surface area contributed by atoms with E-state index in [1.165, 1.54) is 0 Å². The first-order valence-electron chi connectivity index (χ1n) is 8.08. The van der Waals surface area contributed by atoms with E-state index in [-0.39, 0.29) is 5.92 Å². The minimum Gasteiger partial charge on any atom is -0.345 e. The number of amides is 4. The number of imide groups is 1. The zero-order chi connectivity index (χ0) is 19.5. The molecule has 1 aromatic carbocycles. The minimum atomic E-state index is -4.57. The van der Waals surface area contributed by atoms with Gasteiger partial charge in [0.2, 0.25) is 5.91 Å². The first kappa shape index (κ1) is 19.7. The highest BCUT2D eigenvalue weighted by Gasteiger charge is 2.52. The van der Waals surface area contributed by atoms with Crippen molar-refractivity contribution in [1.29, 1.82) is 0 Å². The van der Waals surface area contributed by atoms with Crippen LogP contribution in [0.25, 0.3) is 0 Å². The summed E-state index contributed by atoms with van der Waals surface area (Å²) in [5.41, 5.74) is -0.776. The lowest BCUT2D eigenvalue weighted by atomic mass is 9.82. The molecule has 142 valence electrons. The first-order valence-corrected chi connectivity index (χ1v) is 8.08. The van der Waals surface area contributed by atoms with E-state index in [0.29, 0.717) is 16.9 Å². The van der Waals surface area contributed by atoms with E-state index in [4.69, 9.17) is 0 Å². The highest BCUT2D eigenvalue weighted by molar-refractivity contribution is 6.09. The van der Waals surface area contributed by atoms with Crippen molar-refractivity contribution in [2.24, 2.45) is 5.92 Å². The number of urea groups is 1. The van der Waals surface area contributed by atoms with E-state index in [1.807, 2.05) is 13.8 Å². The summed E-state index contributed by atoms with van der Waals surface area (Å²) in [4.78, 5) is 37.6. The van der Waals surface area contributed by atoms with Crippen molar-refractivity contribution in [3.63, 3.8) is 0 Å². The Kier molecular flexibility index (Phi) is 5.58. The molecular weight excluding hydrogens is 351 g/mol. The Hall–Kier alpha value is -2.58. The largest absolute Gasteiger partial charge is 0.405 e. The van der Waals surface area contributed by atoms with Crippen LogP contribution in [-0.2, 0) is 15.1 Å². The van der Waals surface area contributed by atoms with Crippen molar-refractivity contribution in [2.75, 3.05) is 13.1 Å². The molecule has 0 saturated carbocycles. The van der Waals surface area contributed by atoms with Crippen molar-refractivity contribution < 1.29 is 27.6 Å². The Labute approximate surface area is 148 Å². The van der Waals surface area contributed by atoms with Crippen LogP contribution in [-0.4, -0.2) is 42.0 Å². The first-order chi connectivity index (χ1) is 12.0. The van der Waals surface area contributed by atoms with E-state index in [2.05, 4.69) is 5.32 Å². The molecule has 1 aliphatic heterocycles. The number of carbonyl (C=O) groups excluding carboxylic acids is 3. The van der Waals surface area contributed by atoms with Gasteiger partial charge in [-0.2, -0.15) is 13.2 Å². The maximum absolute atomic E-state index is 13.0. The van der Waals surface area contributed by atoms with Crippen LogP contribution in [0.4, 0.5) is 18.0 Å². The molecule has 2 N–H and O–H groups in total. The normalized spacial score (nSPS) is 20.5. The van der Waals surface area contributed by atoms with Crippen molar-refractivity contribution in [3.8, 4) is 0 Å². The van der Waals surface area contributed by atoms with Gasteiger partial charge in [0, 0.05) is 0 Å². The fourth-order valence-corrected chi connectivity index (χ4v) is 2.95. The van der Waals surface area contributed by atoms with Gasteiger partial charge in [-0.3, -0.25) is 14.5 Å². The molecule has 0 aliphatic carbocycles. The fraction of sp³-hybridized carbons (Fsp3) is 0.471. The lowest BCUT2D eigenvalue weighted by Gasteiger charge is -2.29. The molecule has 0 spiro atoms. The van der Waals surface area contributed by atoms with Gasteiger partial charge in [0.05, 0.1) is 0 Å². The average Bonchev–Trinajstić information content (AvgIpc) is 2.78. The van der Waals surface area contributed by atoms with E-state index in [0.717, 1.165) is 0 Å². The van der Waals surface area contributed by atoms with E-state index in [9.17, 15) is 27.6 Å². The van der Waals surface area contributed by atoms with Crippen molar-refractivity contribution in [3.05, 3.63) is 35.9 Å². The predicted octanol–water partition coefficient (Wildman–Crippen LogP) is 2.16. The number of benzene rings is 1. The molecule has 26 heavy (non-hydrogen) atoms. The van der Waals surface area contributed by atoms with E-state index < -0.39 is 42.7 Å². The molecule has 0 aromatic heterocycles. The molecular formula is C17H20F3N3O3. The van der Waals surface area contributed by atoms with Gasteiger partial charge in [-0.05, 0) is 17.9 Å². The van der Waals surface area contributed by atoms with Gasteiger partial charge in [0.15, 0.2) is 0 Å². The number of nitrogens with zero attached hydrogens (tertiary/aromatic N) is 1. The quantitative estimate of drug-likeness (QED) is 0.753. The van der Waals surface area contributed by atoms with Crippen LogP contribution in [0.3, 0.4) is 0 Å². The highest BCUT2D eigenvalue weighted by atomic mass is 19.4. The van der Waals surface area contributed by atoms with Gasteiger partial charge in [-0.15, -0.1) is 0 Å². The summed E-state index contributed by atoms with van der Waals surface area (Å²) in [6, 6.07) is 7.77. The minimum absolute atomic E-state index is 0.0402. The third kappa shape index (κ3) is 4.33. The van der Waals surface area contributed by atoms with E-state index in [1.54, 1.807) is 35.6 Å². The Balaban J connectivity index is 2.23. The van der Waals surface area contributed by atoms with Crippen LogP contribution in [0, 0.1) is 5.92 Å². The lowest BCUT2D eigenvalue weighted by Crippen LogP contribution is -2.46. The molecule has 1 aromatic rings. The third-order valence-corrected chi connectivity index (χ3v) is 3.94.